The fourth-order valence-corrected chi connectivity index (χ4v) is 1.93. The molecule has 1 aliphatic heterocycles. The quantitative estimate of drug-likeness (QED) is 0.807. The van der Waals surface area contributed by atoms with Crippen molar-refractivity contribution in [1.29, 1.82) is 0 Å². The van der Waals surface area contributed by atoms with Gasteiger partial charge in [-0.2, -0.15) is 0 Å². The molecule has 0 saturated carbocycles. The topological polar surface area (TPSA) is 102 Å². The van der Waals surface area contributed by atoms with E-state index in [2.05, 4.69) is 10.3 Å². The van der Waals surface area contributed by atoms with Crippen molar-refractivity contribution in [2.45, 2.75) is 26.3 Å². The summed E-state index contributed by atoms with van der Waals surface area (Å²) >= 11 is 0. The first kappa shape index (κ1) is 16.2. The molecule has 1 unspecified atom stereocenters. The lowest BCUT2D eigenvalue weighted by atomic mass is 10.2. The number of oxazole rings is 1. The monoisotopic (exact) mass is 309 g/mol. The fraction of sp³-hybridized carbons (Fsp3) is 0.571. The highest BCUT2D eigenvalue weighted by Gasteiger charge is 2.21. The van der Waals surface area contributed by atoms with Crippen LogP contribution < -0.4 is 5.32 Å². The number of carbonyl (C=O) groups is 3. The van der Waals surface area contributed by atoms with E-state index >= 15 is 0 Å². The molecule has 1 aromatic rings. The van der Waals surface area contributed by atoms with Crippen LogP contribution in [0.15, 0.2) is 10.7 Å². The summed E-state index contributed by atoms with van der Waals surface area (Å²) in [5, 5.41) is 2.47. The van der Waals surface area contributed by atoms with Gasteiger partial charge >= 0.3 is 5.91 Å². The molecule has 1 fully saturated rings. The van der Waals surface area contributed by atoms with Crippen molar-refractivity contribution in [3.63, 3.8) is 0 Å². The number of rotatable bonds is 5. The van der Waals surface area contributed by atoms with Gasteiger partial charge in [-0.15, -0.1) is 0 Å². The minimum absolute atomic E-state index is 0.0685. The lowest BCUT2D eigenvalue weighted by molar-refractivity contribution is -0.134. The van der Waals surface area contributed by atoms with Crippen molar-refractivity contribution in [3.05, 3.63) is 17.8 Å². The molecular formula is C14H19N3O5. The molecule has 2 rings (SSSR count). The van der Waals surface area contributed by atoms with Crippen LogP contribution in [0.2, 0.25) is 0 Å². The molecule has 0 radical (unpaired) electrons. The average Bonchev–Trinajstić information content (AvgIpc) is 2.96. The number of nitrogens with one attached hydrogen (secondary N) is 1. The van der Waals surface area contributed by atoms with E-state index in [9.17, 15) is 14.4 Å². The lowest BCUT2D eigenvalue weighted by Gasteiger charge is -2.26. The predicted octanol–water partition coefficient (Wildman–Crippen LogP) is -0.217. The molecule has 2 amide bonds. The summed E-state index contributed by atoms with van der Waals surface area (Å²) in [7, 11) is 0. The van der Waals surface area contributed by atoms with Gasteiger partial charge in [0.05, 0.1) is 31.4 Å². The summed E-state index contributed by atoms with van der Waals surface area (Å²) in [5.74, 6) is -0.978. The second-order valence-corrected chi connectivity index (χ2v) is 5.12. The van der Waals surface area contributed by atoms with Gasteiger partial charge in [0.2, 0.25) is 5.91 Å². The summed E-state index contributed by atoms with van der Waals surface area (Å²) in [6.45, 7) is 5.13. The second kappa shape index (κ2) is 7.17. The maximum atomic E-state index is 12.1. The zero-order chi connectivity index (χ0) is 16.1. The van der Waals surface area contributed by atoms with Crippen LogP contribution in [0.1, 0.15) is 30.2 Å². The summed E-state index contributed by atoms with van der Waals surface area (Å²) < 4.78 is 10.2. The maximum absolute atomic E-state index is 12.1. The normalized spacial score (nSPS) is 16.2. The first-order valence-electron chi connectivity index (χ1n) is 7.08. The van der Waals surface area contributed by atoms with Crippen LogP contribution in [-0.2, 0) is 20.7 Å². The number of hydrogen-bond acceptors (Lipinski definition) is 6. The number of amides is 2. The minimum Gasteiger partial charge on any atom is -0.441 e. The maximum Gasteiger partial charge on any atom is 0.307 e. The van der Waals surface area contributed by atoms with Crippen molar-refractivity contribution in [1.82, 2.24) is 15.2 Å². The summed E-state index contributed by atoms with van der Waals surface area (Å²) in [6, 6.07) is -0.613. The van der Waals surface area contributed by atoms with E-state index in [4.69, 9.17) is 9.15 Å². The number of hydrogen-bond donors (Lipinski definition) is 1. The highest BCUT2D eigenvalue weighted by molar-refractivity contribution is 5.94. The summed E-state index contributed by atoms with van der Waals surface area (Å²) in [4.78, 5) is 40.7. The number of aromatic nitrogens is 1. The van der Waals surface area contributed by atoms with Crippen molar-refractivity contribution in [2.24, 2.45) is 0 Å². The molecule has 8 heteroatoms. The number of ether oxygens (including phenoxy) is 1. The average molecular weight is 309 g/mol. The van der Waals surface area contributed by atoms with Crippen LogP contribution in [0.3, 0.4) is 0 Å². The Morgan fingerprint density at radius 2 is 2.05 bits per heavy atom. The van der Waals surface area contributed by atoms with E-state index in [1.807, 2.05) is 0 Å². The molecule has 0 spiro atoms. The smallest absolute Gasteiger partial charge is 0.307 e. The second-order valence-electron chi connectivity index (χ2n) is 5.12. The molecule has 2 heterocycles. The van der Waals surface area contributed by atoms with Gasteiger partial charge in [-0.25, -0.2) is 4.98 Å². The molecule has 0 bridgehead atoms. The summed E-state index contributed by atoms with van der Waals surface area (Å²) in [5.41, 5.74) is 0.386. The van der Waals surface area contributed by atoms with Crippen LogP contribution in [0.4, 0.5) is 0 Å². The van der Waals surface area contributed by atoms with Crippen LogP contribution in [0, 0.1) is 0 Å². The van der Waals surface area contributed by atoms with Gasteiger partial charge in [-0.3, -0.25) is 14.4 Å². The van der Waals surface area contributed by atoms with Crippen molar-refractivity contribution in [2.75, 3.05) is 26.3 Å². The van der Waals surface area contributed by atoms with Crippen LogP contribution in [0.25, 0.3) is 0 Å². The Hall–Kier alpha value is -2.22. The van der Waals surface area contributed by atoms with Crippen molar-refractivity contribution in [3.8, 4) is 0 Å². The zero-order valence-electron chi connectivity index (χ0n) is 12.6. The van der Waals surface area contributed by atoms with E-state index in [1.54, 1.807) is 11.8 Å². The molecule has 1 aromatic heterocycles. The fourth-order valence-electron chi connectivity index (χ4n) is 1.93. The summed E-state index contributed by atoms with van der Waals surface area (Å²) in [6.07, 6.45) is 1.35. The first-order chi connectivity index (χ1) is 10.5. The van der Waals surface area contributed by atoms with Gasteiger partial charge in [0.1, 0.15) is 6.26 Å². The SMILES string of the molecule is CC(=O)C(C)NC(=O)c1nc(CC(=O)N2CCOCC2)co1. The van der Waals surface area contributed by atoms with Crippen LogP contribution >= 0.6 is 0 Å². The van der Waals surface area contributed by atoms with Gasteiger partial charge in [-0.05, 0) is 13.8 Å². The predicted molar refractivity (Wildman–Crippen MR) is 75.2 cm³/mol. The van der Waals surface area contributed by atoms with Gasteiger partial charge < -0.3 is 19.4 Å². The highest BCUT2D eigenvalue weighted by atomic mass is 16.5. The van der Waals surface area contributed by atoms with Gasteiger partial charge in [-0.1, -0.05) is 0 Å². The minimum atomic E-state index is -0.613. The van der Waals surface area contributed by atoms with Crippen molar-refractivity contribution < 1.29 is 23.5 Å². The molecule has 120 valence electrons. The Labute approximate surface area is 127 Å². The van der Waals surface area contributed by atoms with Gasteiger partial charge in [0, 0.05) is 13.1 Å². The van der Waals surface area contributed by atoms with E-state index in [0.29, 0.717) is 32.0 Å². The molecule has 1 N–H and O–H groups in total. The molecule has 0 aromatic carbocycles. The Kier molecular flexibility index (Phi) is 5.26. The number of morpholine rings is 1. The zero-order valence-corrected chi connectivity index (χ0v) is 12.6. The Bertz CT molecular complexity index is 563. The third kappa shape index (κ3) is 4.14. The molecule has 0 aliphatic carbocycles. The standard InChI is InChI=1S/C14H19N3O5/c1-9(10(2)18)15-13(20)14-16-11(8-22-14)7-12(19)17-3-5-21-6-4-17/h8-9H,3-7H2,1-2H3,(H,15,20). The van der Waals surface area contributed by atoms with E-state index in [1.165, 1.54) is 13.2 Å². The lowest BCUT2D eigenvalue weighted by Crippen LogP contribution is -2.41. The number of Topliss-reactive ketones (excluding diaryl/α,β-unsaturated/α-hetero) is 1. The van der Waals surface area contributed by atoms with E-state index in [0.717, 1.165) is 0 Å². The van der Waals surface area contributed by atoms with E-state index < -0.39 is 11.9 Å². The molecule has 1 saturated heterocycles. The molecule has 1 atom stereocenters. The Morgan fingerprint density at radius 3 is 2.68 bits per heavy atom. The third-order valence-corrected chi connectivity index (χ3v) is 3.40. The third-order valence-electron chi connectivity index (χ3n) is 3.40. The number of nitrogens with zero attached hydrogens (tertiary/aromatic N) is 2. The molecule has 1 aliphatic rings. The number of ketones is 1. The number of carbonyl (C=O) groups excluding carboxylic acids is 3. The van der Waals surface area contributed by atoms with Crippen molar-refractivity contribution >= 4 is 17.6 Å². The highest BCUT2D eigenvalue weighted by Crippen LogP contribution is 2.07. The first-order valence-corrected chi connectivity index (χ1v) is 7.08. The van der Waals surface area contributed by atoms with Gasteiger partial charge in [0.25, 0.3) is 5.89 Å². The molecule has 8 nitrogen and oxygen atoms in total. The van der Waals surface area contributed by atoms with Crippen LogP contribution in [0.5, 0.6) is 0 Å². The Balaban J connectivity index is 1.91. The Morgan fingerprint density at radius 1 is 1.36 bits per heavy atom. The van der Waals surface area contributed by atoms with E-state index in [-0.39, 0.29) is 24.0 Å². The molecular weight excluding hydrogens is 290 g/mol. The molecule has 22 heavy (non-hydrogen) atoms. The van der Waals surface area contributed by atoms with Crippen LogP contribution in [-0.4, -0.2) is 59.8 Å². The largest absolute Gasteiger partial charge is 0.441 e. The van der Waals surface area contributed by atoms with Gasteiger partial charge in [0.15, 0.2) is 5.78 Å².